The summed E-state index contributed by atoms with van der Waals surface area (Å²) in [7, 11) is 5.99. The third-order valence-corrected chi connectivity index (χ3v) is 2.57. The van der Waals surface area contributed by atoms with Crippen LogP contribution in [0.1, 0.15) is 31.1 Å². The Bertz CT molecular complexity index is 494. The van der Waals surface area contributed by atoms with Gasteiger partial charge in [-0.25, -0.2) is 4.79 Å². The van der Waals surface area contributed by atoms with E-state index in [0.717, 1.165) is 0 Å². The quantitative estimate of drug-likeness (QED) is 0.248. The summed E-state index contributed by atoms with van der Waals surface area (Å²) < 4.78 is 5.81. The smallest absolute Gasteiger partial charge is 0.338 e. The molecular formula is C14H18INO4. The van der Waals surface area contributed by atoms with Gasteiger partial charge < -0.3 is 33.2 Å². The van der Waals surface area contributed by atoms with Crippen molar-refractivity contribution in [3.8, 4) is 0 Å². The van der Waals surface area contributed by atoms with E-state index in [9.17, 15) is 14.4 Å². The van der Waals surface area contributed by atoms with Crippen molar-refractivity contribution < 1.29 is 47.6 Å². The van der Waals surface area contributed by atoms with E-state index >= 15 is 0 Å². The van der Waals surface area contributed by atoms with E-state index in [2.05, 4.69) is 0 Å². The zero-order valence-corrected chi connectivity index (χ0v) is 13.9. The number of rotatable bonds is 6. The summed E-state index contributed by atoms with van der Waals surface area (Å²) in [5.41, 5.74) is 0.725. The normalized spacial score (nSPS) is 10.3. The number of esters is 1. The molecule has 0 aliphatic rings. The molecule has 5 nitrogen and oxygen atoms in total. The third kappa shape index (κ3) is 5.79. The van der Waals surface area contributed by atoms with Crippen LogP contribution in [0.5, 0.6) is 0 Å². The first-order chi connectivity index (χ1) is 8.87. The predicted molar refractivity (Wildman–Crippen MR) is 70.4 cm³/mol. The van der Waals surface area contributed by atoms with Gasteiger partial charge in [-0.3, -0.25) is 9.59 Å². The van der Waals surface area contributed by atoms with Gasteiger partial charge in [0.2, 0.25) is 0 Å². The number of carbonyl (C=O) groups is 3. The summed E-state index contributed by atoms with van der Waals surface area (Å²) in [5.74, 6) is -0.492. The van der Waals surface area contributed by atoms with E-state index in [-0.39, 0.29) is 40.7 Å². The average molecular weight is 391 g/mol. The van der Waals surface area contributed by atoms with Crippen LogP contribution in [-0.4, -0.2) is 57.3 Å². The number of hydrogen-bond acceptors (Lipinski definition) is 4. The van der Waals surface area contributed by atoms with Gasteiger partial charge in [0, 0.05) is 11.1 Å². The molecule has 0 unspecified atom stereocenters. The number of nitrogens with zero attached hydrogens (tertiary/aromatic N) is 1. The number of ether oxygens (including phenoxy) is 1. The van der Waals surface area contributed by atoms with Crippen molar-refractivity contribution >= 4 is 18.5 Å². The van der Waals surface area contributed by atoms with E-state index in [0.29, 0.717) is 30.2 Å². The van der Waals surface area contributed by atoms with Gasteiger partial charge in [0.25, 0.3) is 0 Å². The minimum atomic E-state index is -0.492. The van der Waals surface area contributed by atoms with E-state index in [1.54, 1.807) is 0 Å². The highest BCUT2D eigenvalue weighted by atomic mass is 127. The van der Waals surface area contributed by atoms with Crippen LogP contribution < -0.4 is 24.0 Å². The number of halogens is 1. The van der Waals surface area contributed by atoms with Crippen LogP contribution in [0, 0.1) is 0 Å². The van der Waals surface area contributed by atoms with Crippen LogP contribution in [0.25, 0.3) is 0 Å². The molecule has 0 heterocycles. The lowest BCUT2D eigenvalue weighted by molar-refractivity contribution is -0.870. The Hall–Kier alpha value is -1.28. The largest absolute Gasteiger partial charge is 1.00 e. The van der Waals surface area contributed by atoms with E-state index in [1.807, 2.05) is 21.1 Å². The highest BCUT2D eigenvalue weighted by molar-refractivity contribution is 5.96. The summed E-state index contributed by atoms with van der Waals surface area (Å²) in [6.07, 6.45) is 1.13. The molecule has 6 heteroatoms. The van der Waals surface area contributed by atoms with Crippen LogP contribution in [0.3, 0.4) is 0 Å². The molecule has 110 valence electrons. The van der Waals surface area contributed by atoms with Crippen LogP contribution in [0.15, 0.2) is 18.2 Å². The van der Waals surface area contributed by atoms with Gasteiger partial charge in [0.1, 0.15) is 13.2 Å². The molecule has 0 aliphatic heterocycles. The molecule has 0 atom stereocenters. The monoisotopic (exact) mass is 391 g/mol. The zero-order valence-electron chi connectivity index (χ0n) is 11.8. The molecule has 1 aromatic rings. The molecule has 0 aliphatic carbocycles. The lowest BCUT2D eigenvalue weighted by Gasteiger charge is -2.23. The number of benzene rings is 1. The van der Waals surface area contributed by atoms with Gasteiger partial charge in [-0.15, -0.1) is 0 Å². The summed E-state index contributed by atoms with van der Waals surface area (Å²) in [6, 6.07) is 4.28. The van der Waals surface area contributed by atoms with Crippen molar-refractivity contribution in [2.24, 2.45) is 0 Å². The van der Waals surface area contributed by atoms with Crippen LogP contribution in [0.4, 0.5) is 0 Å². The predicted octanol–water partition coefficient (Wildman–Crippen LogP) is -1.82. The zero-order chi connectivity index (χ0) is 14.5. The first-order valence-corrected chi connectivity index (χ1v) is 5.89. The molecule has 0 bridgehead atoms. The van der Waals surface area contributed by atoms with Crippen molar-refractivity contribution in [3.05, 3.63) is 34.9 Å². The molecule has 0 N–H and O–H groups in total. The summed E-state index contributed by atoms with van der Waals surface area (Å²) >= 11 is 0. The average Bonchev–Trinajstić information content (AvgIpc) is 2.36. The maximum atomic E-state index is 11.8. The highest BCUT2D eigenvalue weighted by Crippen LogP contribution is 2.10. The maximum absolute atomic E-state index is 11.8. The Labute approximate surface area is 135 Å². The van der Waals surface area contributed by atoms with Crippen molar-refractivity contribution in [1.29, 1.82) is 0 Å². The summed E-state index contributed by atoms with van der Waals surface area (Å²) in [4.78, 5) is 33.2. The molecule has 1 rings (SSSR count). The Morgan fingerprint density at radius 2 is 1.75 bits per heavy atom. The number of hydrogen-bond donors (Lipinski definition) is 0. The first-order valence-electron chi connectivity index (χ1n) is 5.89. The molecule has 0 amide bonds. The Balaban J connectivity index is 0.00000361. The molecule has 0 radical (unpaired) electrons. The lowest BCUT2D eigenvalue weighted by atomic mass is 10.1. The van der Waals surface area contributed by atoms with Gasteiger partial charge in [0.05, 0.1) is 26.7 Å². The third-order valence-electron chi connectivity index (χ3n) is 2.57. The second-order valence-electron chi connectivity index (χ2n) is 5.23. The fourth-order valence-corrected chi connectivity index (χ4v) is 1.41. The van der Waals surface area contributed by atoms with Crippen molar-refractivity contribution in [2.45, 2.75) is 0 Å². The number of quaternary nitrogens is 1. The molecular weight excluding hydrogens is 373 g/mol. The SMILES string of the molecule is C[N+](C)(C)CCOC(=O)c1ccc(C=O)c(C=O)c1.[I-]. The van der Waals surface area contributed by atoms with Crippen LogP contribution in [-0.2, 0) is 4.74 Å². The Kier molecular flexibility index (Phi) is 7.59. The van der Waals surface area contributed by atoms with Crippen molar-refractivity contribution in [2.75, 3.05) is 34.3 Å². The molecule has 0 spiro atoms. The summed E-state index contributed by atoms with van der Waals surface area (Å²) in [6.45, 7) is 0.993. The Morgan fingerprint density at radius 3 is 2.25 bits per heavy atom. The molecule has 20 heavy (non-hydrogen) atoms. The van der Waals surface area contributed by atoms with E-state index < -0.39 is 5.97 Å². The van der Waals surface area contributed by atoms with Crippen molar-refractivity contribution in [1.82, 2.24) is 0 Å². The lowest BCUT2D eigenvalue weighted by Crippen LogP contribution is -3.00. The van der Waals surface area contributed by atoms with Crippen molar-refractivity contribution in [3.63, 3.8) is 0 Å². The number of likely N-dealkylation sites (N-methyl/N-ethyl adjacent to an activating group) is 1. The first kappa shape index (κ1) is 18.7. The van der Waals surface area contributed by atoms with E-state index in [1.165, 1.54) is 18.2 Å². The number of aldehydes is 2. The highest BCUT2D eigenvalue weighted by Gasteiger charge is 2.13. The fourth-order valence-electron chi connectivity index (χ4n) is 1.41. The van der Waals surface area contributed by atoms with Gasteiger partial charge in [-0.2, -0.15) is 0 Å². The molecule has 1 aromatic carbocycles. The minimum Gasteiger partial charge on any atom is -1.00 e. The van der Waals surface area contributed by atoms with Crippen LogP contribution in [0.2, 0.25) is 0 Å². The van der Waals surface area contributed by atoms with Gasteiger partial charge in [0.15, 0.2) is 12.6 Å². The maximum Gasteiger partial charge on any atom is 0.338 e. The molecule has 0 saturated carbocycles. The second kappa shape index (κ2) is 8.11. The molecule has 0 saturated heterocycles. The van der Waals surface area contributed by atoms with Gasteiger partial charge in [-0.1, -0.05) is 6.07 Å². The minimum absolute atomic E-state index is 0. The van der Waals surface area contributed by atoms with Crippen LogP contribution >= 0.6 is 0 Å². The topological polar surface area (TPSA) is 60.4 Å². The second-order valence-corrected chi connectivity index (χ2v) is 5.23. The molecule has 0 aromatic heterocycles. The Morgan fingerprint density at radius 1 is 1.15 bits per heavy atom. The fraction of sp³-hybridized carbons (Fsp3) is 0.357. The standard InChI is InChI=1S/C14H18NO4.HI/c1-15(2,3)6-7-19-14(18)11-4-5-12(9-16)13(8-11)10-17;/h4-5,8-10H,6-7H2,1-3H3;1H/q+1;/p-1. The molecule has 0 fully saturated rings. The number of carbonyl (C=O) groups excluding carboxylic acids is 3. The van der Waals surface area contributed by atoms with E-state index in [4.69, 9.17) is 4.74 Å². The van der Waals surface area contributed by atoms with Gasteiger partial charge >= 0.3 is 5.97 Å². The summed E-state index contributed by atoms with van der Waals surface area (Å²) in [5, 5.41) is 0. The van der Waals surface area contributed by atoms with Gasteiger partial charge in [-0.05, 0) is 12.1 Å².